The van der Waals surface area contributed by atoms with E-state index < -0.39 is 6.04 Å². The first-order valence-electron chi connectivity index (χ1n) is 6.38. The highest BCUT2D eigenvalue weighted by Crippen LogP contribution is 2.30. The Morgan fingerprint density at radius 2 is 2.16 bits per heavy atom. The molecular weight excluding hydrogens is 244 g/mol. The standard InChI is InChI=1S/C14H18N2O3/c1-9-12(5-4-8-15-9)13(17)16(11-6-7-11)10(2)14(18)19-3/h4-5,8,10-11H,6-7H2,1-3H3/t10-/m0/s1. The molecular formula is C14H18N2O3. The normalized spacial score (nSPS) is 15.7. The summed E-state index contributed by atoms with van der Waals surface area (Å²) in [6.07, 6.45) is 3.52. The van der Waals surface area contributed by atoms with Crippen LogP contribution in [0.2, 0.25) is 0 Å². The van der Waals surface area contributed by atoms with Crippen molar-refractivity contribution in [2.24, 2.45) is 0 Å². The third-order valence-electron chi connectivity index (χ3n) is 3.37. The molecule has 2 rings (SSSR count). The van der Waals surface area contributed by atoms with Gasteiger partial charge < -0.3 is 9.64 Å². The first-order valence-corrected chi connectivity index (χ1v) is 6.38. The molecule has 0 unspecified atom stereocenters. The summed E-state index contributed by atoms with van der Waals surface area (Å²) >= 11 is 0. The maximum atomic E-state index is 12.6. The lowest BCUT2D eigenvalue weighted by atomic mass is 10.1. The van der Waals surface area contributed by atoms with Gasteiger partial charge in [0, 0.05) is 17.9 Å². The number of rotatable bonds is 4. The molecule has 0 radical (unpaired) electrons. The molecule has 1 aromatic heterocycles. The topological polar surface area (TPSA) is 59.5 Å². The fraction of sp³-hybridized carbons (Fsp3) is 0.500. The van der Waals surface area contributed by atoms with E-state index in [0.717, 1.165) is 12.8 Å². The average Bonchev–Trinajstić information content (AvgIpc) is 3.22. The second-order valence-electron chi connectivity index (χ2n) is 4.78. The van der Waals surface area contributed by atoms with E-state index in [0.29, 0.717) is 11.3 Å². The zero-order chi connectivity index (χ0) is 14.0. The zero-order valence-electron chi connectivity index (χ0n) is 11.4. The Bertz CT molecular complexity index is 497. The Balaban J connectivity index is 2.27. The Morgan fingerprint density at radius 1 is 1.47 bits per heavy atom. The molecule has 0 aromatic carbocycles. The smallest absolute Gasteiger partial charge is 0.328 e. The van der Waals surface area contributed by atoms with Crippen molar-refractivity contribution in [3.05, 3.63) is 29.6 Å². The maximum Gasteiger partial charge on any atom is 0.328 e. The van der Waals surface area contributed by atoms with Crippen LogP contribution in [0.5, 0.6) is 0 Å². The van der Waals surface area contributed by atoms with E-state index in [4.69, 9.17) is 4.74 Å². The van der Waals surface area contributed by atoms with Crippen molar-refractivity contribution in [3.63, 3.8) is 0 Å². The predicted octanol–water partition coefficient (Wildman–Crippen LogP) is 1.56. The third-order valence-corrected chi connectivity index (χ3v) is 3.37. The minimum atomic E-state index is -0.565. The molecule has 102 valence electrons. The fourth-order valence-electron chi connectivity index (χ4n) is 2.14. The number of nitrogens with zero attached hydrogens (tertiary/aromatic N) is 2. The van der Waals surface area contributed by atoms with E-state index in [9.17, 15) is 9.59 Å². The molecule has 1 saturated carbocycles. The molecule has 0 bridgehead atoms. The molecule has 1 aliphatic carbocycles. The summed E-state index contributed by atoms with van der Waals surface area (Å²) < 4.78 is 4.74. The first-order chi connectivity index (χ1) is 9.06. The second-order valence-corrected chi connectivity index (χ2v) is 4.78. The van der Waals surface area contributed by atoms with Gasteiger partial charge in [-0.25, -0.2) is 4.79 Å². The lowest BCUT2D eigenvalue weighted by molar-refractivity contribution is -0.145. The minimum absolute atomic E-state index is 0.140. The molecule has 0 N–H and O–H groups in total. The molecule has 1 aliphatic rings. The number of hydrogen-bond donors (Lipinski definition) is 0. The summed E-state index contributed by atoms with van der Waals surface area (Å²) in [7, 11) is 1.34. The summed E-state index contributed by atoms with van der Waals surface area (Å²) in [5.74, 6) is -0.534. The van der Waals surface area contributed by atoms with Crippen LogP contribution < -0.4 is 0 Å². The van der Waals surface area contributed by atoms with E-state index in [1.807, 2.05) is 0 Å². The monoisotopic (exact) mass is 262 g/mol. The molecule has 5 heteroatoms. The number of carbonyl (C=O) groups excluding carboxylic acids is 2. The summed E-state index contributed by atoms with van der Waals surface area (Å²) in [6, 6.07) is 3.05. The first kappa shape index (κ1) is 13.5. The second kappa shape index (κ2) is 5.38. The Hall–Kier alpha value is -1.91. The third kappa shape index (κ3) is 2.75. The summed E-state index contributed by atoms with van der Waals surface area (Å²) in [4.78, 5) is 30.0. The minimum Gasteiger partial charge on any atom is -0.467 e. The molecule has 0 spiro atoms. The Morgan fingerprint density at radius 3 is 2.68 bits per heavy atom. The van der Waals surface area contributed by atoms with Crippen LogP contribution in [0.1, 0.15) is 35.8 Å². The molecule has 1 aromatic rings. The Kier molecular flexibility index (Phi) is 3.83. The van der Waals surface area contributed by atoms with Gasteiger partial charge in [-0.3, -0.25) is 9.78 Å². The molecule has 0 saturated heterocycles. The van der Waals surface area contributed by atoms with Gasteiger partial charge in [-0.15, -0.1) is 0 Å². The fourth-order valence-corrected chi connectivity index (χ4v) is 2.14. The molecule has 1 fully saturated rings. The number of ether oxygens (including phenoxy) is 1. The van der Waals surface area contributed by atoms with Gasteiger partial charge in [0.2, 0.25) is 0 Å². The van der Waals surface area contributed by atoms with Crippen LogP contribution in [-0.2, 0) is 9.53 Å². The van der Waals surface area contributed by atoms with Gasteiger partial charge in [0.1, 0.15) is 6.04 Å². The van der Waals surface area contributed by atoms with E-state index in [2.05, 4.69) is 4.98 Å². The maximum absolute atomic E-state index is 12.6. The van der Waals surface area contributed by atoms with Crippen molar-refractivity contribution < 1.29 is 14.3 Å². The number of methoxy groups -OCH3 is 1. The molecule has 1 heterocycles. The van der Waals surface area contributed by atoms with Gasteiger partial charge in [0.15, 0.2) is 0 Å². The van der Waals surface area contributed by atoms with Crippen LogP contribution in [0.25, 0.3) is 0 Å². The molecule has 1 atom stereocenters. The van der Waals surface area contributed by atoms with Gasteiger partial charge in [-0.1, -0.05) is 0 Å². The van der Waals surface area contributed by atoms with Crippen molar-refractivity contribution in [2.45, 2.75) is 38.8 Å². The van der Waals surface area contributed by atoms with Gasteiger partial charge in [-0.05, 0) is 38.8 Å². The van der Waals surface area contributed by atoms with Crippen molar-refractivity contribution >= 4 is 11.9 Å². The van der Waals surface area contributed by atoms with Gasteiger partial charge >= 0.3 is 5.97 Å². The molecule has 0 aliphatic heterocycles. The van der Waals surface area contributed by atoms with E-state index >= 15 is 0 Å². The van der Waals surface area contributed by atoms with E-state index in [1.165, 1.54) is 7.11 Å². The number of aromatic nitrogens is 1. The molecule has 19 heavy (non-hydrogen) atoms. The predicted molar refractivity (Wildman–Crippen MR) is 69.6 cm³/mol. The van der Waals surface area contributed by atoms with E-state index in [-0.39, 0.29) is 17.9 Å². The van der Waals surface area contributed by atoms with Crippen molar-refractivity contribution in [2.75, 3.05) is 7.11 Å². The lowest BCUT2D eigenvalue weighted by Gasteiger charge is -2.27. The van der Waals surface area contributed by atoms with Crippen LogP contribution in [0, 0.1) is 6.92 Å². The van der Waals surface area contributed by atoms with Crippen LogP contribution in [0.3, 0.4) is 0 Å². The van der Waals surface area contributed by atoms with E-state index in [1.54, 1.807) is 37.1 Å². The highest BCUT2D eigenvalue weighted by Gasteiger charge is 2.39. The van der Waals surface area contributed by atoms with Gasteiger partial charge in [0.05, 0.1) is 12.7 Å². The van der Waals surface area contributed by atoms with Crippen LogP contribution in [-0.4, -0.2) is 41.0 Å². The van der Waals surface area contributed by atoms with Crippen LogP contribution in [0.15, 0.2) is 18.3 Å². The average molecular weight is 262 g/mol. The van der Waals surface area contributed by atoms with Crippen molar-refractivity contribution in [1.29, 1.82) is 0 Å². The highest BCUT2D eigenvalue weighted by molar-refractivity contribution is 5.98. The summed E-state index contributed by atoms with van der Waals surface area (Å²) in [6.45, 7) is 3.49. The molecule has 1 amide bonds. The quantitative estimate of drug-likeness (QED) is 0.773. The number of aryl methyl sites for hydroxylation is 1. The number of esters is 1. The largest absolute Gasteiger partial charge is 0.467 e. The van der Waals surface area contributed by atoms with Gasteiger partial charge in [0.25, 0.3) is 5.91 Å². The van der Waals surface area contributed by atoms with Gasteiger partial charge in [-0.2, -0.15) is 0 Å². The van der Waals surface area contributed by atoms with Crippen LogP contribution >= 0.6 is 0 Å². The van der Waals surface area contributed by atoms with Crippen molar-refractivity contribution in [1.82, 2.24) is 9.88 Å². The lowest BCUT2D eigenvalue weighted by Crippen LogP contribution is -2.45. The summed E-state index contributed by atoms with van der Waals surface area (Å²) in [5.41, 5.74) is 1.22. The summed E-state index contributed by atoms with van der Waals surface area (Å²) in [5, 5.41) is 0. The highest BCUT2D eigenvalue weighted by atomic mass is 16.5. The van der Waals surface area contributed by atoms with Crippen LogP contribution in [0.4, 0.5) is 0 Å². The number of amides is 1. The SMILES string of the molecule is COC(=O)[C@H](C)N(C(=O)c1cccnc1C)C1CC1. The van der Waals surface area contributed by atoms with Crippen molar-refractivity contribution in [3.8, 4) is 0 Å². The number of pyridine rings is 1. The molecule has 5 nitrogen and oxygen atoms in total. The zero-order valence-corrected chi connectivity index (χ0v) is 11.4. The number of hydrogen-bond acceptors (Lipinski definition) is 4. The Labute approximate surface area is 112 Å². The number of carbonyl (C=O) groups is 2.